The third-order valence-electron chi connectivity index (χ3n) is 6.40. The largest absolute Gasteiger partial charge is 0.312 e. The summed E-state index contributed by atoms with van der Waals surface area (Å²) in [6.45, 7) is 5.78. The average molecular weight is 447 g/mol. The van der Waals surface area contributed by atoms with Crippen molar-refractivity contribution in [3.8, 4) is 5.95 Å². The van der Waals surface area contributed by atoms with Crippen molar-refractivity contribution in [3.05, 3.63) is 63.2 Å². The Kier molecular flexibility index (Phi) is 5.11. The maximum atomic E-state index is 13.1. The fraction of sp³-hybridized carbons (Fsp3) is 0.375. The molecule has 0 spiro atoms. The molecule has 1 saturated heterocycles. The van der Waals surface area contributed by atoms with Crippen molar-refractivity contribution in [3.63, 3.8) is 0 Å². The second kappa shape index (κ2) is 7.99. The van der Waals surface area contributed by atoms with Crippen LogP contribution in [0.4, 0.5) is 11.5 Å². The molecular formula is C24H26N6O3. The number of aryl methyl sites for hydroxylation is 2. The summed E-state index contributed by atoms with van der Waals surface area (Å²) in [5.74, 6) is 0.228. The number of aromatic nitrogens is 4. The Labute approximate surface area is 190 Å². The predicted octanol–water partition coefficient (Wildman–Crippen LogP) is 2.75. The maximum Gasteiger partial charge on any atom is 0.255 e. The number of carbonyl (C=O) groups is 2. The van der Waals surface area contributed by atoms with Gasteiger partial charge in [0.25, 0.3) is 5.56 Å². The van der Waals surface area contributed by atoms with Crippen molar-refractivity contribution in [2.45, 2.75) is 46.0 Å². The van der Waals surface area contributed by atoms with Gasteiger partial charge in [0.2, 0.25) is 17.8 Å². The van der Waals surface area contributed by atoms with Gasteiger partial charge in [-0.1, -0.05) is 17.7 Å². The molecule has 1 aliphatic carbocycles. The first kappa shape index (κ1) is 21.1. The highest BCUT2D eigenvalue weighted by Gasteiger charge is 2.36. The van der Waals surface area contributed by atoms with Crippen molar-refractivity contribution in [1.29, 1.82) is 0 Å². The lowest BCUT2D eigenvalue weighted by atomic mass is 10.1. The first-order valence-electron chi connectivity index (χ1n) is 11.2. The molecule has 1 atom stereocenters. The van der Waals surface area contributed by atoms with Crippen LogP contribution in [-0.4, -0.2) is 38.1 Å². The molecule has 0 radical (unpaired) electrons. The average Bonchev–Trinajstić information content (AvgIpc) is 3.44. The zero-order valence-electron chi connectivity index (χ0n) is 18.9. The summed E-state index contributed by atoms with van der Waals surface area (Å²) < 4.78 is 1.48. The smallest absolute Gasteiger partial charge is 0.255 e. The quantitative estimate of drug-likeness (QED) is 0.626. The molecule has 1 saturated carbocycles. The van der Waals surface area contributed by atoms with Gasteiger partial charge in [-0.25, -0.2) is 4.98 Å². The Morgan fingerprint density at radius 3 is 2.52 bits per heavy atom. The summed E-state index contributed by atoms with van der Waals surface area (Å²) in [5.41, 5.74) is 3.66. The molecule has 2 fully saturated rings. The van der Waals surface area contributed by atoms with E-state index >= 15 is 0 Å². The molecule has 9 heteroatoms. The monoisotopic (exact) mass is 446 g/mol. The van der Waals surface area contributed by atoms with E-state index in [0.717, 1.165) is 29.8 Å². The third kappa shape index (κ3) is 4.06. The van der Waals surface area contributed by atoms with Crippen LogP contribution in [0.2, 0.25) is 0 Å². The number of hydrogen-bond acceptors (Lipinski definition) is 5. The molecule has 170 valence electrons. The number of aromatic amines is 1. The van der Waals surface area contributed by atoms with Crippen LogP contribution in [0.3, 0.4) is 0 Å². The summed E-state index contributed by atoms with van der Waals surface area (Å²) in [6, 6.07) is 9.52. The fourth-order valence-corrected chi connectivity index (χ4v) is 4.04. The van der Waals surface area contributed by atoms with E-state index in [-0.39, 0.29) is 29.7 Å². The second-order valence-electron chi connectivity index (χ2n) is 8.97. The Morgan fingerprint density at radius 2 is 1.85 bits per heavy atom. The number of nitrogens with zero attached hydrogens (tertiary/aromatic N) is 4. The number of rotatable bonds is 5. The lowest BCUT2D eigenvalue weighted by Crippen LogP contribution is -2.29. The minimum atomic E-state index is -0.488. The molecule has 3 aromatic rings. The van der Waals surface area contributed by atoms with Crippen LogP contribution in [0.1, 0.15) is 47.7 Å². The summed E-state index contributed by atoms with van der Waals surface area (Å²) in [6.07, 6.45) is 2.23. The van der Waals surface area contributed by atoms with Gasteiger partial charge < -0.3 is 10.2 Å². The highest BCUT2D eigenvalue weighted by molar-refractivity contribution is 6.03. The molecule has 3 heterocycles. The lowest BCUT2D eigenvalue weighted by molar-refractivity contribution is -0.122. The number of hydrogen-bond donors (Lipinski definition) is 2. The van der Waals surface area contributed by atoms with Crippen LogP contribution in [-0.2, 0) is 9.59 Å². The number of benzene rings is 1. The molecule has 2 amide bonds. The number of H-pyrrole nitrogens is 1. The first-order valence-corrected chi connectivity index (χ1v) is 11.2. The molecule has 1 aliphatic heterocycles. The van der Waals surface area contributed by atoms with Gasteiger partial charge in [-0.15, -0.1) is 0 Å². The zero-order valence-corrected chi connectivity index (χ0v) is 18.9. The molecule has 2 N–H and O–H groups in total. The summed E-state index contributed by atoms with van der Waals surface area (Å²) in [4.78, 5) is 46.9. The van der Waals surface area contributed by atoms with Crippen molar-refractivity contribution in [2.24, 2.45) is 5.92 Å². The molecule has 33 heavy (non-hydrogen) atoms. The van der Waals surface area contributed by atoms with Gasteiger partial charge in [0.15, 0.2) is 0 Å². The minimum Gasteiger partial charge on any atom is -0.312 e. The van der Waals surface area contributed by atoms with Crippen LogP contribution in [0, 0.1) is 26.7 Å². The van der Waals surface area contributed by atoms with E-state index in [1.54, 1.807) is 18.7 Å². The van der Waals surface area contributed by atoms with E-state index in [9.17, 15) is 14.4 Å². The molecule has 2 aromatic heterocycles. The van der Waals surface area contributed by atoms with E-state index in [1.807, 2.05) is 37.3 Å². The summed E-state index contributed by atoms with van der Waals surface area (Å²) >= 11 is 0. The van der Waals surface area contributed by atoms with Crippen LogP contribution in [0.15, 0.2) is 35.1 Å². The third-order valence-corrected chi connectivity index (χ3v) is 6.40. The van der Waals surface area contributed by atoms with E-state index in [2.05, 4.69) is 20.4 Å². The highest BCUT2D eigenvalue weighted by Crippen LogP contribution is 2.40. The van der Waals surface area contributed by atoms with Gasteiger partial charge in [-0.3, -0.25) is 19.4 Å². The van der Waals surface area contributed by atoms with Crippen LogP contribution in [0.25, 0.3) is 5.95 Å². The molecular weight excluding hydrogens is 420 g/mol. The predicted molar refractivity (Wildman–Crippen MR) is 124 cm³/mol. The molecule has 0 unspecified atom stereocenters. The normalized spacial score (nSPS) is 18.1. The minimum absolute atomic E-state index is 0.0775. The van der Waals surface area contributed by atoms with Gasteiger partial charge >= 0.3 is 0 Å². The van der Waals surface area contributed by atoms with Crippen molar-refractivity contribution < 1.29 is 9.59 Å². The lowest BCUT2D eigenvalue weighted by Gasteiger charge is -2.17. The Bertz CT molecular complexity index is 1300. The number of nitrogens with one attached hydrogen (secondary N) is 2. The number of amides is 2. The number of anilines is 2. The summed E-state index contributed by atoms with van der Waals surface area (Å²) in [7, 11) is 0. The maximum absolute atomic E-state index is 13.1. The molecule has 1 aromatic carbocycles. The molecule has 2 aliphatic rings. The molecule has 5 rings (SSSR count). The molecule has 0 bridgehead atoms. The first-order chi connectivity index (χ1) is 15.8. The highest BCUT2D eigenvalue weighted by atomic mass is 16.2. The molecule has 9 nitrogen and oxygen atoms in total. The van der Waals surface area contributed by atoms with Gasteiger partial charge in [-0.05, 0) is 45.7 Å². The van der Waals surface area contributed by atoms with Gasteiger partial charge in [-0.2, -0.15) is 9.78 Å². The Morgan fingerprint density at radius 1 is 1.12 bits per heavy atom. The van der Waals surface area contributed by atoms with Gasteiger partial charge in [0.05, 0.1) is 11.6 Å². The SMILES string of the molecule is Cc1ccc(N2C[C@@H](C(=O)Nc3cc(C4CC4)nn3-c3nc(C)c(C)c(=O)[nH]3)CC2=O)cc1. The standard InChI is InChI=1S/C24H26N6O3/c1-13-4-8-18(9-5-13)29-12-17(10-21(29)31)23(33)26-20-11-19(16-6-7-16)28-30(20)24-25-15(3)14(2)22(32)27-24/h4-5,8-9,11,16-17H,6-7,10,12H2,1-3H3,(H,26,33)(H,25,27,32)/t17-/m0/s1. The van der Waals surface area contributed by atoms with Crippen molar-refractivity contribution in [2.75, 3.05) is 16.8 Å². The van der Waals surface area contributed by atoms with Crippen LogP contribution in [0.5, 0.6) is 0 Å². The van der Waals surface area contributed by atoms with Gasteiger partial charge in [0, 0.05) is 41.9 Å². The number of carbonyl (C=O) groups excluding carboxylic acids is 2. The van der Waals surface area contributed by atoms with E-state index < -0.39 is 5.92 Å². The van der Waals surface area contributed by atoms with Crippen LogP contribution < -0.4 is 15.8 Å². The Balaban J connectivity index is 1.40. The van der Waals surface area contributed by atoms with Crippen LogP contribution >= 0.6 is 0 Å². The van der Waals surface area contributed by atoms with E-state index in [0.29, 0.717) is 29.5 Å². The fourth-order valence-electron chi connectivity index (χ4n) is 4.04. The second-order valence-corrected chi connectivity index (χ2v) is 8.97. The van der Waals surface area contributed by atoms with E-state index in [4.69, 9.17) is 0 Å². The Hall–Kier alpha value is -3.75. The van der Waals surface area contributed by atoms with Gasteiger partial charge in [0.1, 0.15) is 5.82 Å². The van der Waals surface area contributed by atoms with Crippen molar-refractivity contribution >= 4 is 23.3 Å². The van der Waals surface area contributed by atoms with Crippen molar-refractivity contribution in [1.82, 2.24) is 19.7 Å². The topological polar surface area (TPSA) is 113 Å². The zero-order chi connectivity index (χ0) is 23.3. The summed E-state index contributed by atoms with van der Waals surface area (Å²) in [5, 5.41) is 7.54. The van der Waals surface area contributed by atoms with E-state index in [1.165, 1.54) is 4.68 Å².